The number of furan rings is 1. The zero-order chi connectivity index (χ0) is 14.4. The monoisotopic (exact) mass is 272 g/mol. The zero-order valence-electron chi connectivity index (χ0n) is 11.1. The van der Waals surface area contributed by atoms with Crippen molar-refractivity contribution in [3.05, 3.63) is 60.1 Å². The highest BCUT2D eigenvalue weighted by atomic mass is 16.3. The number of nitrogens with one attached hydrogen (secondary N) is 2. The Kier molecular flexibility index (Phi) is 4.55. The second-order valence-corrected chi connectivity index (χ2v) is 4.38. The Morgan fingerprint density at radius 2 is 1.90 bits per heavy atom. The number of hydrogen-bond acceptors (Lipinski definition) is 3. The molecule has 5 heteroatoms. The van der Waals surface area contributed by atoms with E-state index >= 15 is 0 Å². The summed E-state index contributed by atoms with van der Waals surface area (Å²) < 4.78 is 4.96. The van der Waals surface area contributed by atoms with E-state index in [-0.39, 0.29) is 11.7 Å². The second kappa shape index (κ2) is 6.56. The Balaban J connectivity index is 1.82. The van der Waals surface area contributed by atoms with Crippen LogP contribution in [0.2, 0.25) is 0 Å². The topological polar surface area (TPSA) is 71.3 Å². The number of rotatable bonds is 5. The van der Waals surface area contributed by atoms with Crippen LogP contribution in [0.5, 0.6) is 0 Å². The van der Waals surface area contributed by atoms with E-state index in [1.54, 1.807) is 19.1 Å². The minimum absolute atomic E-state index is 0.188. The molecule has 0 saturated carbocycles. The lowest BCUT2D eigenvalue weighted by Gasteiger charge is -2.13. The standard InChI is InChI=1S/C15H16N2O3/c1-11(17-15(19)13-8-5-9-20-13)14(18)16-10-12-6-3-2-4-7-12/h2-9,11H,10H2,1H3,(H,16,18)(H,17,19)/t11-/m0/s1. The fourth-order valence-corrected chi connectivity index (χ4v) is 1.68. The molecule has 104 valence electrons. The Morgan fingerprint density at radius 3 is 2.55 bits per heavy atom. The van der Waals surface area contributed by atoms with Gasteiger partial charge in [0.1, 0.15) is 6.04 Å². The van der Waals surface area contributed by atoms with Gasteiger partial charge in [-0.15, -0.1) is 0 Å². The molecule has 2 rings (SSSR count). The fourth-order valence-electron chi connectivity index (χ4n) is 1.68. The second-order valence-electron chi connectivity index (χ2n) is 4.38. The summed E-state index contributed by atoms with van der Waals surface area (Å²) in [6.07, 6.45) is 1.41. The maximum absolute atomic E-state index is 11.9. The summed E-state index contributed by atoms with van der Waals surface area (Å²) in [5.41, 5.74) is 1.01. The molecular weight excluding hydrogens is 256 g/mol. The van der Waals surface area contributed by atoms with Crippen LogP contribution in [0.4, 0.5) is 0 Å². The maximum atomic E-state index is 11.9. The van der Waals surface area contributed by atoms with Crippen molar-refractivity contribution in [2.75, 3.05) is 0 Å². The van der Waals surface area contributed by atoms with Crippen molar-refractivity contribution in [1.29, 1.82) is 0 Å². The fraction of sp³-hybridized carbons (Fsp3) is 0.200. The van der Waals surface area contributed by atoms with Crippen molar-refractivity contribution in [1.82, 2.24) is 10.6 Å². The third-order valence-electron chi connectivity index (χ3n) is 2.80. The smallest absolute Gasteiger partial charge is 0.287 e. The molecule has 0 aliphatic rings. The van der Waals surface area contributed by atoms with Crippen LogP contribution in [0.1, 0.15) is 23.0 Å². The van der Waals surface area contributed by atoms with Crippen molar-refractivity contribution >= 4 is 11.8 Å². The van der Waals surface area contributed by atoms with E-state index in [9.17, 15) is 9.59 Å². The Bertz CT molecular complexity index is 564. The van der Waals surface area contributed by atoms with Crippen molar-refractivity contribution in [3.8, 4) is 0 Å². The molecule has 1 aromatic carbocycles. The van der Waals surface area contributed by atoms with E-state index in [1.165, 1.54) is 6.26 Å². The largest absolute Gasteiger partial charge is 0.459 e. The molecule has 1 atom stereocenters. The number of amides is 2. The number of carbonyl (C=O) groups excluding carboxylic acids is 2. The van der Waals surface area contributed by atoms with Crippen LogP contribution in [0, 0.1) is 0 Å². The van der Waals surface area contributed by atoms with E-state index in [4.69, 9.17) is 4.42 Å². The van der Waals surface area contributed by atoms with E-state index in [1.807, 2.05) is 30.3 Å². The molecule has 2 aromatic rings. The van der Waals surface area contributed by atoms with E-state index in [0.29, 0.717) is 6.54 Å². The third kappa shape index (κ3) is 3.71. The summed E-state index contributed by atoms with van der Waals surface area (Å²) in [5, 5.41) is 5.34. The summed E-state index contributed by atoms with van der Waals surface area (Å²) in [6, 6.07) is 12.1. The van der Waals surface area contributed by atoms with Crippen LogP contribution in [0.3, 0.4) is 0 Å². The lowest BCUT2D eigenvalue weighted by Crippen LogP contribution is -2.44. The molecule has 2 amide bonds. The molecule has 0 saturated heterocycles. The Labute approximate surface area is 117 Å². The van der Waals surface area contributed by atoms with Gasteiger partial charge < -0.3 is 15.1 Å². The molecule has 5 nitrogen and oxygen atoms in total. The molecule has 1 heterocycles. The molecule has 0 unspecified atom stereocenters. The highest BCUT2D eigenvalue weighted by molar-refractivity contribution is 5.95. The molecule has 20 heavy (non-hydrogen) atoms. The zero-order valence-corrected chi connectivity index (χ0v) is 11.1. The Morgan fingerprint density at radius 1 is 1.15 bits per heavy atom. The SMILES string of the molecule is C[C@H](NC(=O)c1ccco1)C(=O)NCc1ccccc1. The highest BCUT2D eigenvalue weighted by Crippen LogP contribution is 2.01. The predicted octanol–water partition coefficient (Wildman–Crippen LogP) is 1.71. The first kappa shape index (κ1) is 13.9. The van der Waals surface area contributed by atoms with Crippen LogP contribution >= 0.6 is 0 Å². The average Bonchev–Trinajstić information content (AvgIpc) is 3.00. The number of hydrogen-bond donors (Lipinski definition) is 2. The molecular formula is C15H16N2O3. The van der Waals surface area contributed by atoms with E-state index < -0.39 is 11.9 Å². The first-order valence-electron chi connectivity index (χ1n) is 6.33. The van der Waals surface area contributed by atoms with Gasteiger partial charge in [-0.2, -0.15) is 0 Å². The lowest BCUT2D eigenvalue weighted by molar-refractivity contribution is -0.122. The molecule has 0 fully saturated rings. The van der Waals surface area contributed by atoms with Gasteiger partial charge in [-0.1, -0.05) is 30.3 Å². The minimum atomic E-state index is -0.628. The molecule has 0 radical (unpaired) electrons. The number of carbonyl (C=O) groups is 2. The van der Waals surface area contributed by atoms with Gasteiger partial charge in [0.15, 0.2) is 5.76 Å². The average molecular weight is 272 g/mol. The van der Waals surface area contributed by atoms with Gasteiger partial charge in [-0.25, -0.2) is 0 Å². The first-order chi connectivity index (χ1) is 9.66. The highest BCUT2D eigenvalue weighted by Gasteiger charge is 2.17. The van der Waals surface area contributed by atoms with Gasteiger partial charge in [-0.3, -0.25) is 9.59 Å². The minimum Gasteiger partial charge on any atom is -0.459 e. The van der Waals surface area contributed by atoms with Gasteiger partial charge in [-0.05, 0) is 24.6 Å². The molecule has 1 aromatic heterocycles. The summed E-state index contributed by atoms with van der Waals surface area (Å²) >= 11 is 0. The predicted molar refractivity (Wildman–Crippen MR) is 73.9 cm³/mol. The van der Waals surface area contributed by atoms with Crippen LogP contribution in [-0.2, 0) is 11.3 Å². The number of benzene rings is 1. The van der Waals surface area contributed by atoms with Crippen molar-refractivity contribution in [2.45, 2.75) is 19.5 Å². The summed E-state index contributed by atoms with van der Waals surface area (Å²) in [6.45, 7) is 2.06. The van der Waals surface area contributed by atoms with E-state index in [2.05, 4.69) is 10.6 Å². The summed E-state index contributed by atoms with van der Waals surface area (Å²) in [4.78, 5) is 23.6. The summed E-state index contributed by atoms with van der Waals surface area (Å²) in [5.74, 6) is -0.459. The molecule has 0 spiro atoms. The lowest BCUT2D eigenvalue weighted by atomic mass is 10.2. The first-order valence-corrected chi connectivity index (χ1v) is 6.33. The Hall–Kier alpha value is -2.56. The summed E-state index contributed by atoms with van der Waals surface area (Å²) in [7, 11) is 0. The van der Waals surface area contributed by atoms with Crippen LogP contribution in [0.15, 0.2) is 53.1 Å². The van der Waals surface area contributed by atoms with Crippen molar-refractivity contribution < 1.29 is 14.0 Å². The molecule has 0 aliphatic carbocycles. The van der Waals surface area contributed by atoms with Gasteiger partial charge in [0, 0.05) is 6.54 Å². The normalized spacial score (nSPS) is 11.7. The van der Waals surface area contributed by atoms with Crippen LogP contribution in [-0.4, -0.2) is 17.9 Å². The van der Waals surface area contributed by atoms with Crippen molar-refractivity contribution in [3.63, 3.8) is 0 Å². The molecule has 2 N–H and O–H groups in total. The van der Waals surface area contributed by atoms with Crippen molar-refractivity contribution in [2.24, 2.45) is 0 Å². The third-order valence-corrected chi connectivity index (χ3v) is 2.80. The maximum Gasteiger partial charge on any atom is 0.287 e. The van der Waals surface area contributed by atoms with Crippen LogP contribution < -0.4 is 10.6 Å². The van der Waals surface area contributed by atoms with Crippen LogP contribution in [0.25, 0.3) is 0 Å². The molecule has 0 bridgehead atoms. The van der Waals surface area contributed by atoms with Gasteiger partial charge in [0.25, 0.3) is 5.91 Å². The van der Waals surface area contributed by atoms with Gasteiger partial charge in [0.2, 0.25) is 5.91 Å². The van der Waals surface area contributed by atoms with Gasteiger partial charge >= 0.3 is 0 Å². The quantitative estimate of drug-likeness (QED) is 0.870. The molecule has 0 aliphatic heterocycles. The van der Waals surface area contributed by atoms with E-state index in [0.717, 1.165) is 5.56 Å². The van der Waals surface area contributed by atoms with Gasteiger partial charge in [0.05, 0.1) is 6.26 Å².